The van der Waals surface area contributed by atoms with E-state index in [1.165, 1.54) is 5.56 Å². The van der Waals surface area contributed by atoms with Crippen LogP contribution in [-0.2, 0) is 5.41 Å². The maximum Gasteiger partial charge on any atom is 0.257 e. The van der Waals surface area contributed by atoms with Gasteiger partial charge in [-0.15, -0.1) is 0 Å². The van der Waals surface area contributed by atoms with Crippen molar-refractivity contribution < 1.29 is 9.90 Å². The molecule has 2 aliphatic rings. The molecule has 2 atom stereocenters. The van der Waals surface area contributed by atoms with Crippen LogP contribution in [0.2, 0.25) is 0 Å². The third-order valence-electron chi connectivity index (χ3n) is 6.14. The first kappa shape index (κ1) is 17.9. The number of nitrogens with two attached hydrogens (primary N) is 1. The predicted molar refractivity (Wildman–Crippen MR) is 105 cm³/mol. The van der Waals surface area contributed by atoms with Crippen LogP contribution in [0.15, 0.2) is 42.6 Å². The Balaban J connectivity index is 1.62. The number of carbonyl (C=O) groups is 1. The summed E-state index contributed by atoms with van der Waals surface area (Å²) in [5, 5.41) is 10.9. The lowest BCUT2D eigenvalue weighted by atomic mass is 9.72. The average Bonchev–Trinajstić information content (AvgIpc) is 2.91. The lowest BCUT2D eigenvalue weighted by molar-refractivity contribution is 0.0582. The van der Waals surface area contributed by atoms with Crippen LogP contribution >= 0.6 is 0 Å². The van der Waals surface area contributed by atoms with Crippen LogP contribution in [0.25, 0.3) is 0 Å². The predicted octanol–water partition coefficient (Wildman–Crippen LogP) is 1.70. The van der Waals surface area contributed by atoms with Crippen LogP contribution in [0.4, 0.5) is 5.82 Å². The van der Waals surface area contributed by atoms with Crippen LogP contribution in [0.5, 0.6) is 0 Å². The lowest BCUT2D eigenvalue weighted by Crippen LogP contribution is -2.49. The number of hydrogen-bond acceptors (Lipinski definition) is 5. The summed E-state index contributed by atoms with van der Waals surface area (Å²) >= 11 is 0. The number of aromatic nitrogens is 1. The van der Waals surface area contributed by atoms with Crippen LogP contribution < -0.4 is 10.6 Å². The Morgan fingerprint density at radius 3 is 2.63 bits per heavy atom. The molecule has 2 aromatic rings. The topological polar surface area (TPSA) is 82.7 Å². The maximum absolute atomic E-state index is 12.5. The van der Waals surface area contributed by atoms with Gasteiger partial charge in [0.1, 0.15) is 5.82 Å². The van der Waals surface area contributed by atoms with Gasteiger partial charge in [-0.2, -0.15) is 0 Å². The number of fused-ring (bicyclic) bond motifs is 2. The molecule has 3 N–H and O–H groups in total. The normalized spacial score (nSPS) is 23.3. The van der Waals surface area contributed by atoms with Gasteiger partial charge in [0.05, 0.1) is 17.7 Å². The van der Waals surface area contributed by atoms with Gasteiger partial charge in [0.15, 0.2) is 0 Å². The third-order valence-corrected chi connectivity index (χ3v) is 6.14. The standard InChI is InChI=1S/C21H26N4O2/c1-24(2)20(27)15-7-5-11-23-19(15)25-12-9-21(10-13-25)16-8-4-3-6-14(16)17(22)18(21)26/h3-8,11,17-18,26H,9-10,12-13,22H2,1-2H3/t17-,18+/m1/s1. The van der Waals surface area contributed by atoms with Crippen molar-refractivity contribution in [2.24, 2.45) is 5.73 Å². The maximum atomic E-state index is 12.5. The van der Waals surface area contributed by atoms with E-state index in [0.717, 1.165) is 37.3 Å². The largest absolute Gasteiger partial charge is 0.390 e. The Morgan fingerprint density at radius 1 is 1.22 bits per heavy atom. The van der Waals surface area contributed by atoms with E-state index >= 15 is 0 Å². The van der Waals surface area contributed by atoms with Crippen molar-refractivity contribution >= 4 is 11.7 Å². The number of benzene rings is 1. The zero-order valence-electron chi connectivity index (χ0n) is 15.8. The zero-order valence-corrected chi connectivity index (χ0v) is 15.8. The second-order valence-corrected chi connectivity index (χ2v) is 7.78. The summed E-state index contributed by atoms with van der Waals surface area (Å²) in [6.07, 6.45) is 2.71. The Hall–Kier alpha value is -2.44. The molecule has 1 fully saturated rings. The van der Waals surface area contributed by atoms with E-state index in [9.17, 15) is 9.90 Å². The average molecular weight is 366 g/mol. The number of piperidine rings is 1. The van der Waals surface area contributed by atoms with Gasteiger partial charge in [-0.05, 0) is 36.1 Å². The molecule has 1 aliphatic carbocycles. The summed E-state index contributed by atoms with van der Waals surface area (Å²) in [5.74, 6) is 0.669. The van der Waals surface area contributed by atoms with Crippen molar-refractivity contribution in [3.63, 3.8) is 0 Å². The van der Waals surface area contributed by atoms with E-state index in [1.54, 1.807) is 31.3 Å². The van der Waals surface area contributed by atoms with Crippen molar-refractivity contribution in [1.82, 2.24) is 9.88 Å². The Bertz CT molecular complexity index is 859. The number of amides is 1. The minimum atomic E-state index is -0.580. The summed E-state index contributed by atoms with van der Waals surface area (Å²) in [6.45, 7) is 1.45. The number of pyridine rings is 1. The van der Waals surface area contributed by atoms with Gasteiger partial charge in [-0.1, -0.05) is 24.3 Å². The lowest BCUT2D eigenvalue weighted by Gasteiger charge is -2.43. The number of carbonyl (C=O) groups excluding carboxylic acids is 1. The van der Waals surface area contributed by atoms with Crippen molar-refractivity contribution in [2.75, 3.05) is 32.1 Å². The first-order valence-electron chi connectivity index (χ1n) is 9.40. The monoisotopic (exact) mass is 366 g/mol. The van der Waals surface area contributed by atoms with Crippen molar-refractivity contribution in [3.8, 4) is 0 Å². The molecule has 2 heterocycles. The molecule has 4 rings (SSSR count). The van der Waals surface area contributed by atoms with Gasteiger partial charge in [-0.25, -0.2) is 4.98 Å². The molecular weight excluding hydrogens is 340 g/mol. The summed E-state index contributed by atoms with van der Waals surface area (Å²) in [7, 11) is 3.50. The van der Waals surface area contributed by atoms with Gasteiger partial charge < -0.3 is 20.6 Å². The molecule has 0 saturated carbocycles. The molecule has 6 heteroatoms. The third kappa shape index (κ3) is 2.71. The van der Waals surface area contributed by atoms with Crippen LogP contribution in [0.1, 0.15) is 40.4 Å². The molecule has 0 radical (unpaired) electrons. The molecule has 0 bridgehead atoms. The fourth-order valence-corrected chi connectivity index (χ4v) is 4.65. The molecule has 142 valence electrons. The highest BCUT2D eigenvalue weighted by Gasteiger charge is 2.51. The first-order valence-corrected chi connectivity index (χ1v) is 9.40. The smallest absolute Gasteiger partial charge is 0.257 e. The summed E-state index contributed by atoms with van der Waals surface area (Å²) < 4.78 is 0. The first-order chi connectivity index (χ1) is 13.0. The van der Waals surface area contributed by atoms with Gasteiger partial charge in [-0.3, -0.25) is 4.79 Å². The summed E-state index contributed by atoms with van der Waals surface area (Å²) in [4.78, 5) is 20.7. The van der Waals surface area contributed by atoms with Crippen molar-refractivity contribution in [3.05, 3.63) is 59.3 Å². The second kappa shape index (κ2) is 6.62. The van der Waals surface area contributed by atoms with Crippen molar-refractivity contribution in [1.29, 1.82) is 0 Å². The number of aliphatic hydroxyl groups excluding tert-OH is 1. The highest BCUT2D eigenvalue weighted by molar-refractivity contribution is 5.98. The van der Waals surface area contributed by atoms with E-state index in [0.29, 0.717) is 5.56 Å². The Kier molecular flexibility index (Phi) is 4.40. The molecular formula is C21H26N4O2. The molecule has 1 amide bonds. The molecule has 1 aromatic carbocycles. The number of hydrogen-bond donors (Lipinski definition) is 2. The molecule has 1 spiro atoms. The number of aliphatic hydroxyl groups is 1. The molecule has 1 saturated heterocycles. The molecule has 1 aliphatic heterocycles. The van der Waals surface area contributed by atoms with Crippen LogP contribution in [0.3, 0.4) is 0 Å². The van der Waals surface area contributed by atoms with E-state index in [1.807, 2.05) is 24.3 Å². The fourth-order valence-electron chi connectivity index (χ4n) is 4.65. The number of anilines is 1. The van der Waals surface area contributed by atoms with Gasteiger partial charge >= 0.3 is 0 Å². The summed E-state index contributed by atoms with van der Waals surface area (Å²) in [6, 6.07) is 11.4. The SMILES string of the molecule is CN(C)C(=O)c1cccnc1N1CCC2(CC1)c1ccccc1[C@@H](N)[C@@H]2O. The van der Waals surface area contributed by atoms with E-state index in [4.69, 9.17) is 5.73 Å². The fraction of sp³-hybridized carbons (Fsp3) is 0.429. The molecule has 1 aromatic heterocycles. The minimum absolute atomic E-state index is 0.0494. The highest BCUT2D eigenvalue weighted by atomic mass is 16.3. The van der Waals surface area contributed by atoms with Gasteiger partial charge in [0.25, 0.3) is 5.91 Å². The minimum Gasteiger partial charge on any atom is -0.390 e. The number of nitrogens with zero attached hydrogens (tertiary/aromatic N) is 3. The zero-order chi connectivity index (χ0) is 19.2. The quantitative estimate of drug-likeness (QED) is 0.845. The van der Waals surface area contributed by atoms with E-state index in [2.05, 4.69) is 16.0 Å². The van der Waals surface area contributed by atoms with Crippen LogP contribution in [0, 0.1) is 0 Å². The molecule has 27 heavy (non-hydrogen) atoms. The second-order valence-electron chi connectivity index (χ2n) is 7.78. The Labute approximate surface area is 159 Å². The van der Waals surface area contributed by atoms with Gasteiger partial charge in [0, 0.05) is 38.8 Å². The van der Waals surface area contributed by atoms with E-state index < -0.39 is 6.10 Å². The van der Waals surface area contributed by atoms with Crippen molar-refractivity contribution in [2.45, 2.75) is 30.4 Å². The number of rotatable bonds is 2. The molecule has 0 unspecified atom stereocenters. The Morgan fingerprint density at radius 2 is 1.93 bits per heavy atom. The van der Waals surface area contributed by atoms with Crippen LogP contribution in [-0.4, -0.2) is 54.2 Å². The highest BCUT2D eigenvalue weighted by Crippen LogP contribution is 2.50. The molecule has 6 nitrogen and oxygen atoms in total. The summed E-state index contributed by atoms with van der Waals surface area (Å²) in [5.41, 5.74) is 8.84. The van der Waals surface area contributed by atoms with E-state index in [-0.39, 0.29) is 17.4 Å². The van der Waals surface area contributed by atoms with Gasteiger partial charge in [0.2, 0.25) is 0 Å².